The van der Waals surface area contributed by atoms with Crippen molar-refractivity contribution in [3.05, 3.63) is 65.2 Å². The summed E-state index contributed by atoms with van der Waals surface area (Å²) in [4.78, 5) is 12.0. The summed E-state index contributed by atoms with van der Waals surface area (Å²) < 4.78 is 5.74. The maximum absolute atomic E-state index is 12.0. The fraction of sp³-hybridized carbons (Fsp3) is 0.304. The lowest BCUT2D eigenvalue weighted by Crippen LogP contribution is -2.32. The zero-order chi connectivity index (χ0) is 20.9. The monoisotopic (exact) mass is 430 g/mol. The lowest BCUT2D eigenvalue weighted by atomic mass is 10.2. The van der Waals surface area contributed by atoms with Crippen molar-refractivity contribution >= 4 is 46.6 Å². The second-order valence-electron chi connectivity index (χ2n) is 6.59. The van der Waals surface area contributed by atoms with Crippen molar-refractivity contribution in [1.82, 2.24) is 5.32 Å². The third-order valence-corrected chi connectivity index (χ3v) is 4.73. The Labute approximate surface area is 183 Å². The van der Waals surface area contributed by atoms with E-state index >= 15 is 0 Å². The Hall–Kier alpha value is -2.37. The van der Waals surface area contributed by atoms with Crippen molar-refractivity contribution in [2.45, 2.75) is 39.0 Å². The van der Waals surface area contributed by atoms with Crippen LogP contribution < -0.4 is 15.4 Å². The molecular weight excluding hydrogens is 404 g/mol. The van der Waals surface area contributed by atoms with Crippen LogP contribution in [0.2, 0.25) is 5.02 Å². The standard InChI is InChI=1S/C23H27ClN2O2S/c1-2-3-4-5-8-17-28-20-14-12-19(13-15-20)25-23(29)26-22(27)16-11-18-9-6-7-10-21(18)24/h6-7,9-16H,2-5,8,17H2,1H3,(H2,25,26,27,29). The predicted molar refractivity (Wildman–Crippen MR) is 126 cm³/mol. The summed E-state index contributed by atoms with van der Waals surface area (Å²) in [6, 6.07) is 14.8. The molecule has 2 rings (SSSR count). The molecule has 0 aliphatic heterocycles. The van der Waals surface area contributed by atoms with E-state index in [0.717, 1.165) is 30.0 Å². The molecule has 2 aromatic carbocycles. The number of thiocarbonyl (C=S) groups is 1. The van der Waals surface area contributed by atoms with E-state index < -0.39 is 0 Å². The van der Waals surface area contributed by atoms with Crippen LogP contribution in [0, 0.1) is 0 Å². The topological polar surface area (TPSA) is 50.4 Å². The van der Waals surface area contributed by atoms with Gasteiger partial charge >= 0.3 is 0 Å². The van der Waals surface area contributed by atoms with Crippen LogP contribution in [-0.2, 0) is 4.79 Å². The van der Waals surface area contributed by atoms with Gasteiger partial charge in [0.15, 0.2) is 5.11 Å². The normalized spacial score (nSPS) is 10.7. The van der Waals surface area contributed by atoms with Crippen molar-refractivity contribution < 1.29 is 9.53 Å². The summed E-state index contributed by atoms with van der Waals surface area (Å²) in [7, 11) is 0. The molecule has 1 amide bonds. The van der Waals surface area contributed by atoms with Crippen molar-refractivity contribution in [3.8, 4) is 5.75 Å². The van der Waals surface area contributed by atoms with E-state index in [0.29, 0.717) is 5.02 Å². The highest BCUT2D eigenvalue weighted by molar-refractivity contribution is 7.80. The fourth-order valence-corrected chi connectivity index (χ4v) is 3.04. The van der Waals surface area contributed by atoms with Crippen molar-refractivity contribution in [2.75, 3.05) is 11.9 Å². The van der Waals surface area contributed by atoms with Crippen LogP contribution in [0.5, 0.6) is 5.75 Å². The fourth-order valence-electron chi connectivity index (χ4n) is 2.62. The zero-order valence-electron chi connectivity index (χ0n) is 16.6. The van der Waals surface area contributed by atoms with Gasteiger partial charge in [-0.3, -0.25) is 10.1 Å². The van der Waals surface area contributed by atoms with Crippen LogP contribution in [0.3, 0.4) is 0 Å². The summed E-state index contributed by atoms with van der Waals surface area (Å²) in [6.45, 7) is 2.93. The highest BCUT2D eigenvalue weighted by atomic mass is 35.5. The second-order valence-corrected chi connectivity index (χ2v) is 7.40. The molecular formula is C23H27ClN2O2S. The van der Waals surface area contributed by atoms with Crippen LogP contribution in [0.1, 0.15) is 44.6 Å². The predicted octanol–water partition coefficient (Wildman–Crippen LogP) is 6.22. The van der Waals surface area contributed by atoms with E-state index in [1.807, 2.05) is 42.5 Å². The Balaban J connectivity index is 1.73. The number of unbranched alkanes of at least 4 members (excludes halogenated alkanes) is 4. The average Bonchev–Trinajstić information content (AvgIpc) is 2.71. The molecule has 0 spiro atoms. The largest absolute Gasteiger partial charge is 0.494 e. The number of carbonyl (C=O) groups excluding carboxylic acids is 1. The number of hydrogen-bond acceptors (Lipinski definition) is 3. The summed E-state index contributed by atoms with van der Waals surface area (Å²) in [5.41, 5.74) is 1.55. The van der Waals surface area contributed by atoms with Gasteiger partial charge in [0.2, 0.25) is 5.91 Å². The van der Waals surface area contributed by atoms with Crippen LogP contribution >= 0.6 is 23.8 Å². The van der Waals surface area contributed by atoms with Gasteiger partial charge in [-0.25, -0.2) is 0 Å². The number of rotatable bonds is 10. The molecule has 0 unspecified atom stereocenters. The summed E-state index contributed by atoms with van der Waals surface area (Å²) in [5.74, 6) is 0.495. The van der Waals surface area contributed by atoms with E-state index in [-0.39, 0.29) is 11.0 Å². The van der Waals surface area contributed by atoms with Gasteiger partial charge in [0.1, 0.15) is 5.75 Å². The van der Waals surface area contributed by atoms with Crippen LogP contribution in [0.25, 0.3) is 6.08 Å². The molecule has 2 N–H and O–H groups in total. The minimum atomic E-state index is -0.328. The highest BCUT2D eigenvalue weighted by Crippen LogP contribution is 2.17. The van der Waals surface area contributed by atoms with Crippen LogP contribution in [0.4, 0.5) is 5.69 Å². The highest BCUT2D eigenvalue weighted by Gasteiger charge is 2.03. The minimum absolute atomic E-state index is 0.225. The first-order chi connectivity index (χ1) is 14.1. The Morgan fingerprint density at radius 1 is 1.07 bits per heavy atom. The number of benzene rings is 2. The van der Waals surface area contributed by atoms with Gasteiger partial charge in [-0.05, 0) is 60.6 Å². The van der Waals surface area contributed by atoms with Gasteiger partial charge in [0, 0.05) is 16.8 Å². The number of halogens is 1. The van der Waals surface area contributed by atoms with E-state index in [1.165, 1.54) is 31.8 Å². The molecule has 29 heavy (non-hydrogen) atoms. The molecule has 0 aromatic heterocycles. The lowest BCUT2D eigenvalue weighted by Gasteiger charge is -2.10. The molecule has 0 radical (unpaired) electrons. The number of ether oxygens (including phenoxy) is 1. The summed E-state index contributed by atoms with van der Waals surface area (Å²) >= 11 is 11.3. The molecule has 0 saturated carbocycles. The first-order valence-corrected chi connectivity index (χ1v) is 10.6. The number of hydrogen-bond donors (Lipinski definition) is 2. The molecule has 4 nitrogen and oxygen atoms in total. The van der Waals surface area contributed by atoms with Gasteiger partial charge in [-0.1, -0.05) is 62.4 Å². The average molecular weight is 431 g/mol. The maximum Gasteiger partial charge on any atom is 0.250 e. The number of nitrogens with one attached hydrogen (secondary N) is 2. The van der Waals surface area contributed by atoms with E-state index in [1.54, 1.807) is 12.1 Å². The minimum Gasteiger partial charge on any atom is -0.494 e. The molecule has 0 fully saturated rings. The van der Waals surface area contributed by atoms with Gasteiger partial charge in [0.25, 0.3) is 0 Å². The molecule has 0 aliphatic carbocycles. The molecule has 0 aliphatic rings. The van der Waals surface area contributed by atoms with E-state index in [9.17, 15) is 4.79 Å². The molecule has 0 saturated heterocycles. The van der Waals surface area contributed by atoms with Gasteiger partial charge in [-0.15, -0.1) is 0 Å². The summed E-state index contributed by atoms with van der Waals surface area (Å²) in [6.07, 6.45) is 9.10. The van der Waals surface area contributed by atoms with Crippen molar-refractivity contribution in [2.24, 2.45) is 0 Å². The van der Waals surface area contributed by atoms with Crippen molar-refractivity contribution in [3.63, 3.8) is 0 Å². The Morgan fingerprint density at radius 3 is 2.52 bits per heavy atom. The number of carbonyl (C=O) groups is 1. The van der Waals surface area contributed by atoms with Gasteiger partial charge in [-0.2, -0.15) is 0 Å². The number of anilines is 1. The second kappa shape index (κ2) is 13.0. The molecule has 2 aromatic rings. The Bertz CT molecular complexity index is 822. The first-order valence-electron chi connectivity index (χ1n) is 9.86. The third kappa shape index (κ3) is 9.11. The van der Waals surface area contributed by atoms with E-state index in [2.05, 4.69) is 17.6 Å². The Morgan fingerprint density at radius 2 is 1.79 bits per heavy atom. The first kappa shape index (κ1) is 22.9. The SMILES string of the molecule is CCCCCCCOc1ccc(NC(=S)NC(=O)C=Cc2ccccc2Cl)cc1. The lowest BCUT2D eigenvalue weighted by molar-refractivity contribution is -0.115. The van der Waals surface area contributed by atoms with Crippen LogP contribution in [-0.4, -0.2) is 17.6 Å². The molecule has 0 bridgehead atoms. The van der Waals surface area contributed by atoms with E-state index in [4.69, 9.17) is 28.6 Å². The zero-order valence-corrected chi connectivity index (χ0v) is 18.2. The van der Waals surface area contributed by atoms with Crippen LogP contribution in [0.15, 0.2) is 54.6 Å². The quantitative estimate of drug-likeness (QED) is 0.267. The third-order valence-electron chi connectivity index (χ3n) is 4.19. The molecule has 0 heterocycles. The number of amides is 1. The van der Waals surface area contributed by atoms with Crippen molar-refractivity contribution in [1.29, 1.82) is 0 Å². The molecule has 154 valence electrons. The van der Waals surface area contributed by atoms with Gasteiger partial charge < -0.3 is 10.1 Å². The molecule has 0 atom stereocenters. The van der Waals surface area contributed by atoms with Gasteiger partial charge in [0.05, 0.1) is 6.61 Å². The maximum atomic E-state index is 12.0. The smallest absolute Gasteiger partial charge is 0.250 e. The molecule has 6 heteroatoms. The summed E-state index contributed by atoms with van der Waals surface area (Å²) in [5, 5.41) is 6.40. The Kier molecular flexibility index (Phi) is 10.2.